The minimum Gasteiger partial charge on any atom is -0.378 e. The van der Waals surface area contributed by atoms with Gasteiger partial charge in [0.05, 0.1) is 11.1 Å². The number of aromatic nitrogens is 1. The van der Waals surface area contributed by atoms with Crippen LogP contribution in [0.5, 0.6) is 0 Å². The van der Waals surface area contributed by atoms with Crippen LogP contribution >= 0.6 is 11.6 Å². The second-order valence-corrected chi connectivity index (χ2v) is 4.99. The zero-order valence-corrected chi connectivity index (χ0v) is 10.9. The van der Waals surface area contributed by atoms with E-state index in [0.29, 0.717) is 10.7 Å². The summed E-state index contributed by atoms with van der Waals surface area (Å²) in [6.07, 6.45) is 2.69. The van der Waals surface area contributed by atoms with Gasteiger partial charge in [-0.1, -0.05) is 18.5 Å². The van der Waals surface area contributed by atoms with Crippen molar-refractivity contribution in [3.63, 3.8) is 0 Å². The highest BCUT2D eigenvalue weighted by atomic mass is 35.5. The molecule has 0 aliphatic carbocycles. The molecule has 0 saturated carbocycles. The molecule has 0 radical (unpaired) electrons. The molecule has 0 amide bonds. The van der Waals surface area contributed by atoms with Crippen LogP contribution in [0, 0.1) is 0 Å². The number of hydrogen-bond acceptors (Lipinski definition) is 3. The molecule has 0 bridgehead atoms. The molecule has 94 valence electrons. The zero-order chi connectivity index (χ0) is 12.4. The molecule has 0 spiro atoms. The lowest BCUT2D eigenvalue weighted by Gasteiger charge is -2.29. The van der Waals surface area contributed by atoms with Gasteiger partial charge in [-0.05, 0) is 19.4 Å². The molecular formula is C12H18ClN3O. The minimum atomic E-state index is 0.0150. The summed E-state index contributed by atoms with van der Waals surface area (Å²) in [4.78, 5) is 12.2. The topological polar surface area (TPSA) is 46.1 Å². The quantitative estimate of drug-likeness (QED) is 0.863. The van der Waals surface area contributed by atoms with Crippen molar-refractivity contribution in [3.05, 3.63) is 27.6 Å². The number of nitrogens with one attached hydrogen (secondary N) is 2. The maximum atomic E-state index is 12.2. The molecule has 1 aromatic heterocycles. The first-order valence-corrected chi connectivity index (χ1v) is 6.38. The van der Waals surface area contributed by atoms with Gasteiger partial charge in [0.2, 0.25) is 0 Å². The van der Waals surface area contributed by atoms with Crippen LogP contribution in [0.4, 0.5) is 5.69 Å². The Balaban J connectivity index is 2.31. The van der Waals surface area contributed by atoms with Gasteiger partial charge in [-0.2, -0.15) is 0 Å². The van der Waals surface area contributed by atoms with Gasteiger partial charge in [0.1, 0.15) is 5.69 Å². The minimum absolute atomic E-state index is 0.0150. The predicted molar refractivity (Wildman–Crippen MR) is 71.0 cm³/mol. The number of halogens is 1. The maximum Gasteiger partial charge on any atom is 0.274 e. The van der Waals surface area contributed by atoms with Crippen LogP contribution < -0.4 is 16.2 Å². The molecule has 1 atom stereocenters. The number of pyridine rings is 1. The lowest BCUT2D eigenvalue weighted by molar-refractivity contribution is 0.336. The standard InChI is InChI=1S/C12H18ClN3O/c1-3-8(2)15-11-4-9(13)7-16(12(11)17)10-5-14-6-10/h4,7-8,10,14-15H,3,5-6H2,1-2H3. The lowest BCUT2D eigenvalue weighted by atomic mass is 10.1. The van der Waals surface area contributed by atoms with Crippen molar-refractivity contribution in [2.45, 2.75) is 32.4 Å². The fourth-order valence-electron chi connectivity index (χ4n) is 1.78. The molecule has 0 aromatic carbocycles. The van der Waals surface area contributed by atoms with Crippen LogP contribution in [0.3, 0.4) is 0 Å². The van der Waals surface area contributed by atoms with Gasteiger partial charge in [-0.15, -0.1) is 0 Å². The summed E-state index contributed by atoms with van der Waals surface area (Å²) in [5.74, 6) is 0. The summed E-state index contributed by atoms with van der Waals surface area (Å²) in [6, 6.07) is 2.21. The van der Waals surface area contributed by atoms with Crippen molar-refractivity contribution in [2.24, 2.45) is 0 Å². The first kappa shape index (κ1) is 12.5. The van der Waals surface area contributed by atoms with Crippen LogP contribution in [0.1, 0.15) is 26.3 Å². The van der Waals surface area contributed by atoms with Crippen LogP contribution in [0.25, 0.3) is 0 Å². The van der Waals surface area contributed by atoms with E-state index < -0.39 is 0 Å². The Kier molecular flexibility index (Phi) is 3.74. The normalized spacial score (nSPS) is 17.6. The van der Waals surface area contributed by atoms with Gasteiger partial charge < -0.3 is 15.2 Å². The van der Waals surface area contributed by atoms with Crippen molar-refractivity contribution in [1.29, 1.82) is 0 Å². The van der Waals surface area contributed by atoms with E-state index >= 15 is 0 Å². The predicted octanol–water partition coefficient (Wildman–Crippen LogP) is 1.86. The van der Waals surface area contributed by atoms with E-state index in [0.717, 1.165) is 19.5 Å². The highest BCUT2D eigenvalue weighted by molar-refractivity contribution is 6.30. The monoisotopic (exact) mass is 255 g/mol. The van der Waals surface area contributed by atoms with Gasteiger partial charge in [-0.25, -0.2) is 0 Å². The van der Waals surface area contributed by atoms with Crippen molar-refractivity contribution >= 4 is 17.3 Å². The van der Waals surface area contributed by atoms with Gasteiger partial charge in [-0.3, -0.25) is 4.79 Å². The molecule has 1 unspecified atom stereocenters. The molecular weight excluding hydrogens is 238 g/mol. The van der Waals surface area contributed by atoms with Crippen LogP contribution in [0.2, 0.25) is 5.02 Å². The fourth-order valence-corrected chi connectivity index (χ4v) is 1.99. The fraction of sp³-hybridized carbons (Fsp3) is 0.583. The second kappa shape index (κ2) is 5.10. The molecule has 17 heavy (non-hydrogen) atoms. The van der Waals surface area contributed by atoms with E-state index in [1.54, 1.807) is 16.8 Å². The third kappa shape index (κ3) is 2.64. The Morgan fingerprint density at radius 3 is 2.88 bits per heavy atom. The summed E-state index contributed by atoms with van der Waals surface area (Å²) in [5.41, 5.74) is 0.611. The summed E-state index contributed by atoms with van der Waals surface area (Å²) in [5, 5.41) is 6.96. The number of anilines is 1. The summed E-state index contributed by atoms with van der Waals surface area (Å²) in [6.45, 7) is 5.80. The Morgan fingerprint density at radius 1 is 1.65 bits per heavy atom. The Morgan fingerprint density at radius 2 is 2.35 bits per heavy atom. The van der Waals surface area contributed by atoms with Crippen molar-refractivity contribution in [2.75, 3.05) is 18.4 Å². The Bertz CT molecular complexity index is 454. The highest BCUT2D eigenvalue weighted by Gasteiger charge is 2.21. The first-order chi connectivity index (χ1) is 8.11. The molecule has 2 N–H and O–H groups in total. The van der Waals surface area contributed by atoms with Crippen molar-refractivity contribution < 1.29 is 0 Å². The number of rotatable bonds is 4. The SMILES string of the molecule is CCC(C)Nc1cc(Cl)cn(C2CNC2)c1=O. The van der Waals surface area contributed by atoms with Gasteiger partial charge in [0.25, 0.3) is 5.56 Å². The summed E-state index contributed by atoms with van der Waals surface area (Å²) >= 11 is 6.05. The molecule has 5 heteroatoms. The van der Waals surface area contributed by atoms with E-state index in [4.69, 9.17) is 11.6 Å². The van der Waals surface area contributed by atoms with Crippen LogP contribution in [-0.2, 0) is 0 Å². The number of hydrogen-bond donors (Lipinski definition) is 2. The zero-order valence-electron chi connectivity index (χ0n) is 10.2. The summed E-state index contributed by atoms with van der Waals surface area (Å²) in [7, 11) is 0. The maximum absolute atomic E-state index is 12.2. The second-order valence-electron chi connectivity index (χ2n) is 4.55. The molecule has 2 heterocycles. The van der Waals surface area contributed by atoms with E-state index in [1.807, 2.05) is 0 Å². The van der Waals surface area contributed by atoms with E-state index in [1.165, 1.54) is 0 Å². The molecule has 1 aliphatic rings. The third-order valence-electron chi connectivity index (χ3n) is 3.18. The molecule has 4 nitrogen and oxygen atoms in total. The first-order valence-electron chi connectivity index (χ1n) is 6.00. The highest BCUT2D eigenvalue weighted by Crippen LogP contribution is 2.17. The van der Waals surface area contributed by atoms with E-state index in [2.05, 4.69) is 24.5 Å². The largest absolute Gasteiger partial charge is 0.378 e. The lowest BCUT2D eigenvalue weighted by Crippen LogP contribution is -2.47. The molecule has 1 saturated heterocycles. The van der Waals surface area contributed by atoms with Gasteiger partial charge in [0, 0.05) is 25.3 Å². The van der Waals surface area contributed by atoms with E-state index in [9.17, 15) is 4.79 Å². The third-order valence-corrected chi connectivity index (χ3v) is 3.38. The Hall–Kier alpha value is -1.00. The summed E-state index contributed by atoms with van der Waals surface area (Å²) < 4.78 is 1.73. The smallest absolute Gasteiger partial charge is 0.274 e. The van der Waals surface area contributed by atoms with Crippen molar-refractivity contribution in [3.8, 4) is 0 Å². The van der Waals surface area contributed by atoms with Crippen LogP contribution in [-0.4, -0.2) is 23.7 Å². The Labute approximate surface area is 106 Å². The van der Waals surface area contributed by atoms with Gasteiger partial charge in [0.15, 0.2) is 0 Å². The molecule has 2 rings (SSSR count). The molecule has 1 aliphatic heterocycles. The van der Waals surface area contributed by atoms with E-state index in [-0.39, 0.29) is 17.6 Å². The van der Waals surface area contributed by atoms with Crippen molar-refractivity contribution in [1.82, 2.24) is 9.88 Å². The van der Waals surface area contributed by atoms with Gasteiger partial charge >= 0.3 is 0 Å². The average molecular weight is 256 g/mol. The number of nitrogens with zero attached hydrogens (tertiary/aromatic N) is 1. The van der Waals surface area contributed by atoms with Crippen LogP contribution in [0.15, 0.2) is 17.1 Å². The molecule has 1 aromatic rings. The average Bonchev–Trinajstić information content (AvgIpc) is 2.22. The molecule has 1 fully saturated rings.